The third-order valence-electron chi connectivity index (χ3n) is 3.95. The number of halogens is 2. The zero-order chi connectivity index (χ0) is 15.1. The van der Waals surface area contributed by atoms with Crippen molar-refractivity contribution in [2.75, 3.05) is 25.4 Å². The minimum Gasteiger partial charge on any atom is -0.356 e. The summed E-state index contributed by atoms with van der Waals surface area (Å²) in [7, 11) is 0. The van der Waals surface area contributed by atoms with Crippen molar-refractivity contribution in [1.82, 2.24) is 10.6 Å². The standard InChI is InChI=1S/C16H23BrN2OS.ClH/c1-16(7-9-18-10-8-16)12-19-15(20)6-11-21-14-5-3-2-4-13(14)17;/h2-5,18H,6-12H2,1H3,(H,19,20);1H. The van der Waals surface area contributed by atoms with Crippen LogP contribution in [-0.4, -0.2) is 31.3 Å². The molecular formula is C16H24BrClN2OS. The van der Waals surface area contributed by atoms with E-state index in [0.717, 1.165) is 42.7 Å². The Labute approximate surface area is 151 Å². The second kappa shape index (κ2) is 9.81. The summed E-state index contributed by atoms with van der Waals surface area (Å²) in [6.07, 6.45) is 2.85. The normalized spacial score (nSPS) is 16.6. The predicted octanol–water partition coefficient (Wildman–Crippen LogP) is 3.86. The first-order valence-electron chi connectivity index (χ1n) is 7.44. The van der Waals surface area contributed by atoms with E-state index in [9.17, 15) is 4.79 Å². The first kappa shape index (κ1) is 19.8. The highest BCUT2D eigenvalue weighted by atomic mass is 79.9. The van der Waals surface area contributed by atoms with Crippen LogP contribution in [-0.2, 0) is 4.79 Å². The Bertz CT molecular complexity index is 481. The molecule has 3 nitrogen and oxygen atoms in total. The number of benzene rings is 1. The summed E-state index contributed by atoms with van der Waals surface area (Å²) < 4.78 is 1.10. The number of rotatable bonds is 6. The fourth-order valence-electron chi connectivity index (χ4n) is 2.42. The highest BCUT2D eigenvalue weighted by molar-refractivity contribution is 9.10. The quantitative estimate of drug-likeness (QED) is 0.704. The van der Waals surface area contributed by atoms with Crippen LogP contribution in [0.4, 0.5) is 0 Å². The third-order valence-corrected chi connectivity index (χ3v) is 5.98. The molecule has 1 fully saturated rings. The summed E-state index contributed by atoms with van der Waals surface area (Å²) in [6, 6.07) is 8.12. The molecule has 6 heteroatoms. The smallest absolute Gasteiger partial charge is 0.220 e. The van der Waals surface area contributed by atoms with E-state index >= 15 is 0 Å². The minimum atomic E-state index is 0. The largest absolute Gasteiger partial charge is 0.356 e. The van der Waals surface area contributed by atoms with Crippen molar-refractivity contribution in [2.45, 2.75) is 31.1 Å². The SMILES string of the molecule is CC1(CNC(=O)CCSc2ccccc2Br)CCNCC1.Cl. The molecule has 0 unspecified atom stereocenters. The molecule has 0 radical (unpaired) electrons. The van der Waals surface area contributed by atoms with Gasteiger partial charge < -0.3 is 10.6 Å². The van der Waals surface area contributed by atoms with Gasteiger partial charge in [0, 0.05) is 28.1 Å². The van der Waals surface area contributed by atoms with E-state index in [0.29, 0.717) is 6.42 Å². The summed E-state index contributed by atoms with van der Waals surface area (Å²) in [5.74, 6) is 0.974. The topological polar surface area (TPSA) is 41.1 Å². The van der Waals surface area contributed by atoms with E-state index in [-0.39, 0.29) is 23.7 Å². The lowest BCUT2D eigenvalue weighted by Gasteiger charge is -2.34. The van der Waals surface area contributed by atoms with Crippen molar-refractivity contribution < 1.29 is 4.79 Å². The van der Waals surface area contributed by atoms with Gasteiger partial charge in [-0.3, -0.25) is 4.79 Å². The molecule has 124 valence electrons. The first-order valence-corrected chi connectivity index (χ1v) is 9.22. The van der Waals surface area contributed by atoms with Gasteiger partial charge in [0.05, 0.1) is 0 Å². The second-order valence-corrected chi connectivity index (χ2v) is 7.86. The van der Waals surface area contributed by atoms with Crippen molar-refractivity contribution in [3.05, 3.63) is 28.7 Å². The zero-order valence-corrected chi connectivity index (χ0v) is 16.1. The minimum absolute atomic E-state index is 0. The molecule has 0 bridgehead atoms. The van der Waals surface area contributed by atoms with E-state index in [1.807, 2.05) is 18.2 Å². The van der Waals surface area contributed by atoms with E-state index < -0.39 is 0 Å². The van der Waals surface area contributed by atoms with E-state index in [2.05, 4.69) is 39.6 Å². The number of piperidine rings is 1. The van der Waals surface area contributed by atoms with Gasteiger partial charge in [0.2, 0.25) is 5.91 Å². The molecule has 1 aliphatic heterocycles. The number of amides is 1. The van der Waals surface area contributed by atoms with Gasteiger partial charge in [-0.1, -0.05) is 19.1 Å². The fourth-order valence-corrected chi connectivity index (χ4v) is 3.94. The molecule has 0 aromatic heterocycles. The van der Waals surface area contributed by atoms with Crippen LogP contribution in [0.1, 0.15) is 26.2 Å². The summed E-state index contributed by atoms with van der Waals surface area (Å²) >= 11 is 5.24. The maximum Gasteiger partial charge on any atom is 0.220 e. The molecule has 1 saturated heterocycles. The zero-order valence-electron chi connectivity index (χ0n) is 12.9. The van der Waals surface area contributed by atoms with E-state index in [1.54, 1.807) is 11.8 Å². The molecule has 1 amide bonds. The lowest BCUT2D eigenvalue weighted by molar-refractivity contribution is -0.121. The average Bonchev–Trinajstić information content (AvgIpc) is 2.48. The highest BCUT2D eigenvalue weighted by Crippen LogP contribution is 2.28. The number of carbonyl (C=O) groups excluding carboxylic acids is 1. The van der Waals surface area contributed by atoms with Gasteiger partial charge in [-0.15, -0.1) is 24.2 Å². The summed E-state index contributed by atoms with van der Waals surface area (Å²) in [5.41, 5.74) is 0.260. The molecule has 0 aliphatic carbocycles. The van der Waals surface area contributed by atoms with Gasteiger partial charge >= 0.3 is 0 Å². The molecule has 0 spiro atoms. The van der Waals surface area contributed by atoms with Gasteiger partial charge in [-0.25, -0.2) is 0 Å². The number of hydrogen-bond donors (Lipinski definition) is 2. The Morgan fingerprint density at radius 3 is 2.73 bits per heavy atom. The van der Waals surface area contributed by atoms with Crippen molar-refractivity contribution in [2.24, 2.45) is 5.41 Å². The Kier molecular flexibility index (Phi) is 8.83. The fraction of sp³-hybridized carbons (Fsp3) is 0.562. The number of nitrogens with one attached hydrogen (secondary N) is 2. The lowest BCUT2D eigenvalue weighted by Crippen LogP contribution is -2.42. The van der Waals surface area contributed by atoms with E-state index in [4.69, 9.17) is 0 Å². The van der Waals surface area contributed by atoms with Crippen LogP contribution in [0.15, 0.2) is 33.6 Å². The van der Waals surface area contributed by atoms with Crippen LogP contribution in [0.2, 0.25) is 0 Å². The molecule has 1 aliphatic rings. The molecule has 2 rings (SSSR count). The second-order valence-electron chi connectivity index (χ2n) is 5.87. The molecular weight excluding hydrogens is 384 g/mol. The van der Waals surface area contributed by atoms with Gasteiger partial charge in [0.1, 0.15) is 0 Å². The molecule has 0 saturated carbocycles. The molecule has 1 aromatic carbocycles. The summed E-state index contributed by atoms with van der Waals surface area (Å²) in [4.78, 5) is 13.1. The average molecular weight is 408 g/mol. The van der Waals surface area contributed by atoms with Crippen molar-refractivity contribution in [3.63, 3.8) is 0 Å². The maximum absolute atomic E-state index is 12.0. The Hall–Kier alpha value is -0.230. The maximum atomic E-state index is 12.0. The molecule has 22 heavy (non-hydrogen) atoms. The number of carbonyl (C=O) groups is 1. The number of hydrogen-bond acceptors (Lipinski definition) is 3. The Morgan fingerprint density at radius 2 is 2.05 bits per heavy atom. The third kappa shape index (κ3) is 6.49. The molecule has 2 N–H and O–H groups in total. The molecule has 1 heterocycles. The molecule has 1 aromatic rings. The highest BCUT2D eigenvalue weighted by Gasteiger charge is 2.26. The molecule has 0 atom stereocenters. The van der Waals surface area contributed by atoms with Gasteiger partial charge in [-0.2, -0.15) is 0 Å². The lowest BCUT2D eigenvalue weighted by atomic mass is 9.81. The van der Waals surface area contributed by atoms with Crippen molar-refractivity contribution >= 4 is 46.0 Å². The predicted molar refractivity (Wildman–Crippen MR) is 100.0 cm³/mol. The van der Waals surface area contributed by atoms with Gasteiger partial charge in [-0.05, 0) is 59.4 Å². The van der Waals surface area contributed by atoms with Crippen LogP contribution in [0, 0.1) is 5.41 Å². The summed E-state index contributed by atoms with van der Waals surface area (Å²) in [5, 5.41) is 6.47. The van der Waals surface area contributed by atoms with Crippen LogP contribution in [0.25, 0.3) is 0 Å². The van der Waals surface area contributed by atoms with Crippen LogP contribution < -0.4 is 10.6 Å². The summed E-state index contributed by atoms with van der Waals surface area (Å²) in [6.45, 7) is 5.19. The van der Waals surface area contributed by atoms with Crippen molar-refractivity contribution in [1.29, 1.82) is 0 Å². The Balaban J connectivity index is 0.00000242. The van der Waals surface area contributed by atoms with Gasteiger partial charge in [0.15, 0.2) is 0 Å². The van der Waals surface area contributed by atoms with E-state index in [1.165, 1.54) is 4.90 Å². The number of thioether (sulfide) groups is 1. The van der Waals surface area contributed by atoms with Crippen molar-refractivity contribution in [3.8, 4) is 0 Å². The van der Waals surface area contributed by atoms with Crippen LogP contribution in [0.3, 0.4) is 0 Å². The monoisotopic (exact) mass is 406 g/mol. The Morgan fingerprint density at radius 1 is 1.36 bits per heavy atom. The van der Waals surface area contributed by atoms with Gasteiger partial charge in [0.25, 0.3) is 0 Å². The van der Waals surface area contributed by atoms with Crippen LogP contribution in [0.5, 0.6) is 0 Å². The van der Waals surface area contributed by atoms with Crippen LogP contribution >= 0.6 is 40.1 Å². The first-order chi connectivity index (χ1) is 10.1.